The Morgan fingerprint density at radius 2 is 2.41 bits per heavy atom. The highest BCUT2D eigenvalue weighted by Gasteiger charge is 2.60. The highest BCUT2D eigenvalue weighted by atomic mass is 28.1. The van der Waals surface area contributed by atoms with E-state index in [-0.39, 0.29) is 29.7 Å². The maximum Gasteiger partial charge on any atom is 0.306 e. The first-order valence-corrected chi connectivity index (χ1v) is 8.07. The molecule has 3 saturated heterocycles. The molecule has 0 aromatic rings. The fraction of sp³-hybridized carbons (Fsp3) is 0.917. The second-order valence-corrected chi connectivity index (χ2v) is 6.57. The Balaban J connectivity index is 1.57. The summed E-state index contributed by atoms with van der Waals surface area (Å²) in [6.45, 7) is 1.42. The number of esters is 1. The van der Waals surface area contributed by atoms with E-state index in [1.807, 2.05) is 0 Å². The van der Waals surface area contributed by atoms with Crippen LogP contribution in [0.1, 0.15) is 25.7 Å². The molecule has 5 heteroatoms. The molecule has 96 valence electrons. The van der Waals surface area contributed by atoms with Gasteiger partial charge in [-0.1, -0.05) is 6.04 Å². The lowest BCUT2D eigenvalue weighted by Gasteiger charge is -2.31. The third kappa shape index (κ3) is 1.94. The van der Waals surface area contributed by atoms with Crippen LogP contribution in [0.15, 0.2) is 0 Å². The van der Waals surface area contributed by atoms with Crippen LogP contribution in [0.4, 0.5) is 0 Å². The van der Waals surface area contributed by atoms with Crippen LogP contribution in [-0.2, 0) is 19.0 Å². The fourth-order valence-corrected chi connectivity index (χ4v) is 3.62. The molecule has 17 heavy (non-hydrogen) atoms. The summed E-state index contributed by atoms with van der Waals surface area (Å²) < 4.78 is 17.0. The summed E-state index contributed by atoms with van der Waals surface area (Å²) >= 11 is 0. The van der Waals surface area contributed by atoms with Crippen molar-refractivity contribution in [3.63, 3.8) is 0 Å². The second kappa shape index (κ2) is 4.37. The first kappa shape index (κ1) is 11.7. The van der Waals surface area contributed by atoms with Gasteiger partial charge in [-0.05, 0) is 12.8 Å². The summed E-state index contributed by atoms with van der Waals surface area (Å²) in [6.07, 6.45) is 4.24. The van der Waals surface area contributed by atoms with Gasteiger partial charge in [0.15, 0.2) is 0 Å². The Morgan fingerprint density at radius 1 is 1.53 bits per heavy atom. The zero-order chi connectivity index (χ0) is 11.9. The molecule has 4 atom stereocenters. The zero-order valence-corrected chi connectivity index (χ0v) is 12.3. The van der Waals surface area contributed by atoms with Crippen LogP contribution in [0.3, 0.4) is 0 Å². The van der Waals surface area contributed by atoms with Gasteiger partial charge in [0.2, 0.25) is 0 Å². The zero-order valence-electron chi connectivity index (χ0n) is 10.3. The molecule has 4 unspecified atom stereocenters. The molecule has 1 spiro atoms. The van der Waals surface area contributed by atoms with Crippen LogP contribution in [0, 0.1) is 5.41 Å². The van der Waals surface area contributed by atoms with E-state index in [1.54, 1.807) is 0 Å². The molecule has 0 aromatic heterocycles. The van der Waals surface area contributed by atoms with Gasteiger partial charge >= 0.3 is 5.97 Å². The quantitative estimate of drug-likeness (QED) is 0.405. The molecule has 0 N–H and O–H groups in total. The van der Waals surface area contributed by atoms with Gasteiger partial charge in [0.05, 0.1) is 24.7 Å². The van der Waals surface area contributed by atoms with Crippen molar-refractivity contribution < 1.29 is 19.0 Å². The average molecular weight is 256 g/mol. The van der Waals surface area contributed by atoms with E-state index in [0.29, 0.717) is 13.0 Å². The van der Waals surface area contributed by atoms with Crippen molar-refractivity contribution in [2.24, 2.45) is 5.41 Å². The van der Waals surface area contributed by atoms with E-state index < -0.39 is 0 Å². The average Bonchev–Trinajstić information content (AvgIpc) is 2.95. The van der Waals surface area contributed by atoms with Crippen LogP contribution < -0.4 is 0 Å². The molecule has 3 aliphatic heterocycles. The van der Waals surface area contributed by atoms with E-state index in [0.717, 1.165) is 19.4 Å². The number of carbonyl (C=O) groups is 1. The smallest absolute Gasteiger partial charge is 0.306 e. The lowest BCUT2D eigenvalue weighted by Crippen LogP contribution is -2.39. The summed E-state index contributed by atoms with van der Waals surface area (Å²) in [5.74, 6) is -0.0606. The second-order valence-electron chi connectivity index (χ2n) is 5.57. The van der Waals surface area contributed by atoms with Crippen LogP contribution in [-0.4, -0.2) is 47.7 Å². The third-order valence-corrected chi connectivity index (χ3v) is 5.04. The highest BCUT2D eigenvalue weighted by molar-refractivity contribution is 6.08. The van der Waals surface area contributed by atoms with Gasteiger partial charge in [-0.2, -0.15) is 0 Å². The van der Waals surface area contributed by atoms with Crippen LogP contribution in [0.5, 0.6) is 0 Å². The van der Waals surface area contributed by atoms with Crippen molar-refractivity contribution >= 4 is 16.2 Å². The first-order chi connectivity index (χ1) is 8.23. The molecule has 2 bridgehead atoms. The van der Waals surface area contributed by atoms with Gasteiger partial charge < -0.3 is 14.2 Å². The van der Waals surface area contributed by atoms with E-state index >= 15 is 0 Å². The maximum absolute atomic E-state index is 11.3. The molecule has 3 fully saturated rings. The third-order valence-electron chi connectivity index (χ3n) is 4.34. The van der Waals surface area contributed by atoms with Crippen molar-refractivity contribution in [2.45, 2.75) is 50.0 Å². The Morgan fingerprint density at radius 3 is 3.00 bits per heavy atom. The standard InChI is InChI=1S/C12H20O4Si/c13-11-6-12(7-15-11)5-9-8(4-10(12)16-9)14-2-1-3-17/h8-10H,1-7H2,17H3. The lowest BCUT2D eigenvalue weighted by molar-refractivity contribution is -0.137. The topological polar surface area (TPSA) is 44.8 Å². The molecule has 0 aromatic carbocycles. The monoisotopic (exact) mass is 256 g/mol. The molecule has 0 saturated carbocycles. The highest BCUT2D eigenvalue weighted by Crippen LogP contribution is 2.53. The van der Waals surface area contributed by atoms with E-state index in [9.17, 15) is 4.79 Å². The minimum atomic E-state index is -0.0606. The summed E-state index contributed by atoms with van der Waals surface area (Å²) in [6, 6.07) is 1.30. The van der Waals surface area contributed by atoms with Crippen LogP contribution in [0.2, 0.25) is 6.04 Å². The minimum absolute atomic E-state index is 0.0146. The molecule has 4 nitrogen and oxygen atoms in total. The number of fused-ring (bicyclic) bond motifs is 3. The van der Waals surface area contributed by atoms with Crippen molar-refractivity contribution in [3.8, 4) is 0 Å². The molecule has 0 aliphatic carbocycles. The molecule has 3 heterocycles. The van der Waals surface area contributed by atoms with E-state index in [4.69, 9.17) is 14.2 Å². The number of cyclic esters (lactones) is 1. The Labute approximate surface area is 104 Å². The summed E-state index contributed by atoms with van der Waals surface area (Å²) in [7, 11) is 1.26. The van der Waals surface area contributed by atoms with Gasteiger partial charge in [-0.25, -0.2) is 0 Å². The number of ether oxygens (including phenoxy) is 3. The summed E-state index contributed by atoms with van der Waals surface area (Å²) in [5, 5.41) is 0. The van der Waals surface area contributed by atoms with Gasteiger partial charge in [-0.3, -0.25) is 4.79 Å². The normalized spacial score (nSPS) is 43.8. The van der Waals surface area contributed by atoms with Gasteiger partial charge in [0.25, 0.3) is 0 Å². The fourth-order valence-electron chi connectivity index (χ4n) is 3.33. The largest absolute Gasteiger partial charge is 0.465 e. The molecule has 3 rings (SSSR count). The van der Waals surface area contributed by atoms with Gasteiger partial charge in [0.1, 0.15) is 6.61 Å². The van der Waals surface area contributed by atoms with E-state index in [1.165, 1.54) is 22.7 Å². The predicted octanol–water partition coefficient (Wildman–Crippen LogP) is 0.0399. The molecule has 3 aliphatic rings. The van der Waals surface area contributed by atoms with Gasteiger partial charge in [0, 0.05) is 28.7 Å². The predicted molar refractivity (Wildman–Crippen MR) is 65.0 cm³/mol. The van der Waals surface area contributed by atoms with Crippen molar-refractivity contribution in [3.05, 3.63) is 0 Å². The summed E-state index contributed by atoms with van der Waals surface area (Å²) in [4.78, 5) is 11.3. The number of rotatable bonds is 4. The van der Waals surface area contributed by atoms with E-state index in [2.05, 4.69) is 0 Å². The first-order valence-electron chi connectivity index (χ1n) is 6.66. The Hall–Kier alpha value is -0.393. The van der Waals surface area contributed by atoms with Crippen molar-refractivity contribution in [1.29, 1.82) is 0 Å². The number of hydrogen-bond acceptors (Lipinski definition) is 4. The minimum Gasteiger partial charge on any atom is -0.465 e. The Kier molecular flexibility index (Phi) is 3.00. The van der Waals surface area contributed by atoms with Crippen LogP contribution in [0.25, 0.3) is 0 Å². The van der Waals surface area contributed by atoms with Crippen molar-refractivity contribution in [1.82, 2.24) is 0 Å². The molecule has 0 amide bonds. The summed E-state index contributed by atoms with van der Waals surface area (Å²) in [5.41, 5.74) is -0.0146. The SMILES string of the molecule is O=C1CC2(CO1)CC1OC2CC1OCCC[SiH3]. The molecule has 0 radical (unpaired) electrons. The van der Waals surface area contributed by atoms with Crippen LogP contribution >= 0.6 is 0 Å². The van der Waals surface area contributed by atoms with Crippen molar-refractivity contribution in [2.75, 3.05) is 13.2 Å². The number of hydrogen-bond donors (Lipinski definition) is 0. The lowest BCUT2D eigenvalue weighted by atomic mass is 9.72. The van der Waals surface area contributed by atoms with Gasteiger partial charge in [-0.15, -0.1) is 0 Å². The Bertz CT molecular complexity index is 322. The number of carbonyl (C=O) groups excluding carboxylic acids is 1. The molecular formula is C12H20O4Si. The molecular weight excluding hydrogens is 236 g/mol. The maximum atomic E-state index is 11.3.